The second-order valence-electron chi connectivity index (χ2n) is 8.18. The minimum Gasteiger partial charge on any atom is -0.493 e. The number of nitrogens with zero attached hydrogens (tertiary/aromatic N) is 1. The molecule has 0 aromatic heterocycles. The molecule has 4 rings (SSSR count). The number of para-hydroxylation sites is 2. The highest BCUT2D eigenvalue weighted by Crippen LogP contribution is 2.36. The van der Waals surface area contributed by atoms with Crippen LogP contribution in [0, 0.1) is 5.82 Å². The van der Waals surface area contributed by atoms with Crippen molar-refractivity contribution in [1.29, 1.82) is 0 Å². The van der Waals surface area contributed by atoms with Crippen molar-refractivity contribution >= 4 is 52.2 Å². The van der Waals surface area contributed by atoms with Gasteiger partial charge in [0.2, 0.25) is 0 Å². The maximum Gasteiger partial charge on any atom is 0.293 e. The Kier molecular flexibility index (Phi) is 9.11. The molecule has 1 fully saturated rings. The highest BCUT2D eigenvalue weighted by molar-refractivity contribution is 8.18. The van der Waals surface area contributed by atoms with Crippen LogP contribution in [0.1, 0.15) is 18.1 Å². The van der Waals surface area contributed by atoms with Gasteiger partial charge in [-0.05, 0) is 72.3 Å². The SMILES string of the molecule is CCOc1ccccc1NC(=O)COc1ccc(/C=C2/SC(=O)N(Cc3ccc(F)cc3Cl)C2=O)cc1OC. The molecule has 0 spiro atoms. The van der Waals surface area contributed by atoms with Crippen LogP contribution >= 0.6 is 23.4 Å². The van der Waals surface area contributed by atoms with Gasteiger partial charge < -0.3 is 19.5 Å². The van der Waals surface area contributed by atoms with Gasteiger partial charge in [-0.2, -0.15) is 0 Å². The second kappa shape index (κ2) is 12.7. The van der Waals surface area contributed by atoms with Crippen molar-refractivity contribution in [3.8, 4) is 17.2 Å². The number of carbonyl (C=O) groups excluding carboxylic acids is 3. The quantitative estimate of drug-likeness (QED) is 0.293. The van der Waals surface area contributed by atoms with E-state index in [1.54, 1.807) is 42.5 Å². The first-order valence-corrected chi connectivity index (χ1v) is 13.0. The van der Waals surface area contributed by atoms with E-state index in [9.17, 15) is 18.8 Å². The van der Waals surface area contributed by atoms with E-state index in [0.29, 0.717) is 40.7 Å². The number of benzene rings is 3. The van der Waals surface area contributed by atoms with Gasteiger partial charge in [-0.1, -0.05) is 35.9 Å². The zero-order valence-corrected chi connectivity index (χ0v) is 22.6. The fourth-order valence-electron chi connectivity index (χ4n) is 3.68. The minimum absolute atomic E-state index is 0.0751. The highest BCUT2D eigenvalue weighted by atomic mass is 35.5. The van der Waals surface area contributed by atoms with Crippen LogP contribution in [-0.4, -0.2) is 42.3 Å². The van der Waals surface area contributed by atoms with Crippen LogP contribution in [0.3, 0.4) is 0 Å². The number of rotatable bonds is 10. The van der Waals surface area contributed by atoms with E-state index in [1.165, 1.54) is 19.2 Å². The summed E-state index contributed by atoms with van der Waals surface area (Å²) in [4.78, 5) is 39.1. The van der Waals surface area contributed by atoms with Crippen molar-refractivity contribution in [2.75, 3.05) is 25.6 Å². The predicted molar refractivity (Wildman–Crippen MR) is 148 cm³/mol. The van der Waals surface area contributed by atoms with Crippen LogP contribution in [0.5, 0.6) is 17.2 Å². The molecule has 3 aromatic rings. The summed E-state index contributed by atoms with van der Waals surface area (Å²) in [6, 6.07) is 15.8. The number of carbonyl (C=O) groups is 3. The first kappa shape index (κ1) is 28.0. The van der Waals surface area contributed by atoms with Crippen LogP contribution in [0.25, 0.3) is 6.08 Å². The molecule has 0 aliphatic carbocycles. The van der Waals surface area contributed by atoms with Crippen molar-refractivity contribution in [2.45, 2.75) is 13.5 Å². The van der Waals surface area contributed by atoms with Gasteiger partial charge in [-0.25, -0.2) is 4.39 Å². The lowest BCUT2D eigenvalue weighted by molar-refractivity contribution is -0.123. The molecule has 8 nitrogen and oxygen atoms in total. The molecule has 0 bridgehead atoms. The Morgan fingerprint density at radius 1 is 1.05 bits per heavy atom. The van der Waals surface area contributed by atoms with Gasteiger partial charge in [0.25, 0.3) is 17.1 Å². The Hall–Kier alpha value is -4.02. The van der Waals surface area contributed by atoms with Crippen LogP contribution in [0.2, 0.25) is 5.02 Å². The zero-order valence-electron chi connectivity index (χ0n) is 21.0. The normalized spacial score (nSPS) is 14.1. The minimum atomic E-state index is -0.508. The number of anilines is 1. The fraction of sp³-hybridized carbons (Fsp3) is 0.179. The van der Waals surface area contributed by atoms with E-state index in [4.69, 9.17) is 25.8 Å². The number of hydrogen-bond acceptors (Lipinski definition) is 7. The van der Waals surface area contributed by atoms with Crippen molar-refractivity contribution in [2.24, 2.45) is 0 Å². The third-order valence-electron chi connectivity index (χ3n) is 5.52. The van der Waals surface area contributed by atoms with Crippen LogP contribution in [-0.2, 0) is 16.1 Å². The van der Waals surface area contributed by atoms with E-state index in [0.717, 1.165) is 22.7 Å². The molecule has 0 atom stereocenters. The molecule has 3 amide bonds. The lowest BCUT2D eigenvalue weighted by Gasteiger charge is -2.14. The van der Waals surface area contributed by atoms with E-state index in [1.807, 2.05) is 13.0 Å². The Morgan fingerprint density at radius 3 is 2.59 bits per heavy atom. The molecule has 0 saturated carbocycles. The molecule has 0 radical (unpaired) electrons. The first-order chi connectivity index (χ1) is 18.8. The predicted octanol–water partition coefficient (Wildman–Crippen LogP) is 6.14. The van der Waals surface area contributed by atoms with E-state index in [-0.39, 0.29) is 29.0 Å². The summed E-state index contributed by atoms with van der Waals surface area (Å²) < 4.78 is 29.9. The van der Waals surface area contributed by atoms with Gasteiger partial charge in [0.05, 0.1) is 30.9 Å². The lowest BCUT2D eigenvalue weighted by Crippen LogP contribution is -2.27. The van der Waals surface area contributed by atoms with Gasteiger partial charge in [0.1, 0.15) is 11.6 Å². The summed E-state index contributed by atoms with van der Waals surface area (Å²) >= 11 is 6.84. The van der Waals surface area contributed by atoms with Gasteiger partial charge in [0, 0.05) is 5.02 Å². The average molecular weight is 571 g/mol. The monoisotopic (exact) mass is 570 g/mol. The summed E-state index contributed by atoms with van der Waals surface area (Å²) in [6.45, 7) is 1.96. The molecule has 1 heterocycles. The molecule has 11 heteroatoms. The maximum atomic E-state index is 13.3. The number of halogens is 2. The Labute approximate surface area is 233 Å². The number of nitrogens with one attached hydrogen (secondary N) is 1. The third-order valence-corrected chi connectivity index (χ3v) is 6.78. The van der Waals surface area contributed by atoms with Gasteiger partial charge >= 0.3 is 0 Å². The first-order valence-electron chi connectivity index (χ1n) is 11.8. The molecule has 1 saturated heterocycles. The Balaban J connectivity index is 1.42. The Bertz CT molecular complexity index is 1450. The number of methoxy groups -OCH3 is 1. The summed E-state index contributed by atoms with van der Waals surface area (Å²) in [7, 11) is 1.45. The molecule has 39 heavy (non-hydrogen) atoms. The number of hydrogen-bond donors (Lipinski definition) is 1. The number of ether oxygens (including phenoxy) is 3. The third kappa shape index (κ3) is 6.90. The van der Waals surface area contributed by atoms with Crippen LogP contribution < -0.4 is 19.5 Å². The summed E-state index contributed by atoms with van der Waals surface area (Å²) in [6.07, 6.45) is 1.56. The Morgan fingerprint density at radius 2 is 1.85 bits per heavy atom. The molecular formula is C28H24ClFN2O6S. The maximum absolute atomic E-state index is 13.3. The molecule has 1 aliphatic rings. The molecule has 1 N–H and O–H groups in total. The van der Waals surface area contributed by atoms with Crippen molar-refractivity contribution in [3.63, 3.8) is 0 Å². The summed E-state index contributed by atoms with van der Waals surface area (Å²) in [5, 5.41) is 2.42. The zero-order chi connectivity index (χ0) is 27.9. The van der Waals surface area contributed by atoms with E-state index >= 15 is 0 Å². The standard InChI is InChI=1S/C28H24ClFN2O6S/c1-3-37-22-7-5-4-6-21(22)31-26(33)16-38-23-11-8-17(12-24(23)36-2)13-25-27(34)32(28(35)39-25)15-18-9-10-19(30)14-20(18)29/h4-14H,3,15-16H2,1-2H3,(H,31,33)/b25-13+. The van der Waals surface area contributed by atoms with Crippen molar-refractivity contribution in [1.82, 2.24) is 4.90 Å². The van der Waals surface area contributed by atoms with Crippen LogP contribution in [0.4, 0.5) is 14.9 Å². The largest absolute Gasteiger partial charge is 0.493 e. The number of amides is 3. The molecule has 202 valence electrons. The fourth-order valence-corrected chi connectivity index (χ4v) is 4.75. The number of imide groups is 1. The molecule has 0 unspecified atom stereocenters. The van der Waals surface area contributed by atoms with Crippen molar-refractivity contribution < 1.29 is 33.0 Å². The smallest absolute Gasteiger partial charge is 0.293 e. The topological polar surface area (TPSA) is 94.2 Å². The van der Waals surface area contributed by atoms with Gasteiger partial charge in [0.15, 0.2) is 18.1 Å². The number of thioether (sulfide) groups is 1. The molecule has 3 aromatic carbocycles. The van der Waals surface area contributed by atoms with Gasteiger partial charge in [-0.3, -0.25) is 19.3 Å². The average Bonchev–Trinajstić information content (AvgIpc) is 3.17. The molecular weight excluding hydrogens is 547 g/mol. The lowest BCUT2D eigenvalue weighted by atomic mass is 10.1. The summed E-state index contributed by atoms with van der Waals surface area (Å²) in [5.41, 5.74) is 1.57. The summed E-state index contributed by atoms with van der Waals surface area (Å²) in [5.74, 6) is -0.172. The van der Waals surface area contributed by atoms with E-state index < -0.39 is 17.0 Å². The molecule has 1 aliphatic heterocycles. The van der Waals surface area contributed by atoms with Gasteiger partial charge in [-0.15, -0.1) is 0 Å². The second-order valence-corrected chi connectivity index (χ2v) is 9.58. The van der Waals surface area contributed by atoms with Crippen molar-refractivity contribution in [3.05, 3.63) is 87.5 Å². The van der Waals surface area contributed by atoms with E-state index in [2.05, 4.69) is 5.32 Å². The van der Waals surface area contributed by atoms with Crippen LogP contribution in [0.15, 0.2) is 65.6 Å². The highest BCUT2D eigenvalue weighted by Gasteiger charge is 2.35.